The normalized spacial score (nSPS) is 10.6. The van der Waals surface area contributed by atoms with Crippen molar-refractivity contribution in [2.24, 2.45) is 0 Å². The molecule has 0 saturated heterocycles. The van der Waals surface area contributed by atoms with Crippen molar-refractivity contribution in [1.82, 2.24) is 14.8 Å². The number of nitrogens with zero attached hydrogens (tertiary/aromatic N) is 3. The molecule has 0 aliphatic rings. The minimum absolute atomic E-state index is 0.0718. The lowest BCUT2D eigenvalue weighted by Gasteiger charge is -2.07. The SMILES string of the molecule is CCn1c(SCC(=O)OCc2cccc(C(=O)OC)c2)nnc1-c1ccco1. The standard InChI is InChI=1S/C19H19N3O5S/c1-3-22-17(15-8-5-9-26-15)20-21-19(22)28-12-16(23)27-11-13-6-4-7-14(10-13)18(24)25-2/h4-10H,3,11-12H2,1-2H3. The van der Waals surface area contributed by atoms with Crippen LogP contribution in [0.1, 0.15) is 22.8 Å². The second-order valence-electron chi connectivity index (χ2n) is 5.67. The summed E-state index contributed by atoms with van der Waals surface area (Å²) in [5.74, 6) is 0.499. The number of carbonyl (C=O) groups is 2. The van der Waals surface area contributed by atoms with E-state index < -0.39 is 11.9 Å². The Kier molecular flexibility index (Phi) is 6.49. The van der Waals surface area contributed by atoms with E-state index in [-0.39, 0.29) is 12.4 Å². The van der Waals surface area contributed by atoms with E-state index in [1.54, 1.807) is 42.7 Å². The summed E-state index contributed by atoms with van der Waals surface area (Å²) in [6, 6.07) is 10.3. The molecular formula is C19H19N3O5S. The van der Waals surface area contributed by atoms with Crippen molar-refractivity contribution in [3.05, 3.63) is 53.8 Å². The molecule has 2 aromatic heterocycles. The van der Waals surface area contributed by atoms with Crippen molar-refractivity contribution in [3.8, 4) is 11.6 Å². The number of ether oxygens (including phenoxy) is 2. The number of rotatable bonds is 8. The molecule has 9 heteroatoms. The van der Waals surface area contributed by atoms with Crippen LogP contribution in [0.2, 0.25) is 0 Å². The summed E-state index contributed by atoms with van der Waals surface area (Å²) >= 11 is 1.24. The summed E-state index contributed by atoms with van der Waals surface area (Å²) in [5.41, 5.74) is 1.12. The van der Waals surface area contributed by atoms with Gasteiger partial charge in [0.05, 0.1) is 24.7 Å². The molecule has 8 nitrogen and oxygen atoms in total. The van der Waals surface area contributed by atoms with Gasteiger partial charge >= 0.3 is 11.9 Å². The largest absolute Gasteiger partial charge is 0.465 e. The minimum atomic E-state index is -0.435. The number of furan rings is 1. The van der Waals surface area contributed by atoms with E-state index in [9.17, 15) is 9.59 Å². The number of carbonyl (C=O) groups excluding carboxylic acids is 2. The van der Waals surface area contributed by atoms with Gasteiger partial charge in [-0.3, -0.25) is 9.36 Å². The van der Waals surface area contributed by atoms with Crippen molar-refractivity contribution in [2.45, 2.75) is 25.2 Å². The number of benzene rings is 1. The van der Waals surface area contributed by atoms with Crippen molar-refractivity contribution >= 4 is 23.7 Å². The van der Waals surface area contributed by atoms with Crippen LogP contribution in [0.25, 0.3) is 11.6 Å². The highest BCUT2D eigenvalue weighted by Gasteiger charge is 2.16. The Balaban J connectivity index is 1.56. The Labute approximate surface area is 165 Å². The molecule has 1 aromatic carbocycles. The maximum atomic E-state index is 12.1. The first kappa shape index (κ1) is 19.7. The summed E-state index contributed by atoms with van der Waals surface area (Å²) < 4.78 is 17.2. The van der Waals surface area contributed by atoms with Crippen LogP contribution in [0.3, 0.4) is 0 Å². The molecule has 0 amide bonds. The van der Waals surface area contributed by atoms with Crippen LogP contribution in [0.5, 0.6) is 0 Å². The van der Waals surface area contributed by atoms with E-state index in [0.717, 1.165) is 0 Å². The molecule has 0 aliphatic carbocycles. The third-order valence-electron chi connectivity index (χ3n) is 3.84. The second kappa shape index (κ2) is 9.23. The van der Waals surface area contributed by atoms with E-state index in [0.29, 0.717) is 34.4 Å². The Morgan fingerprint density at radius 1 is 1.21 bits per heavy atom. The van der Waals surface area contributed by atoms with Gasteiger partial charge < -0.3 is 13.9 Å². The number of methoxy groups -OCH3 is 1. The smallest absolute Gasteiger partial charge is 0.337 e. The van der Waals surface area contributed by atoms with Gasteiger partial charge in [-0.2, -0.15) is 0 Å². The van der Waals surface area contributed by atoms with Crippen LogP contribution in [0.15, 0.2) is 52.2 Å². The van der Waals surface area contributed by atoms with Crippen molar-refractivity contribution in [1.29, 1.82) is 0 Å². The maximum Gasteiger partial charge on any atom is 0.337 e. The number of esters is 2. The molecule has 2 heterocycles. The Hall–Kier alpha value is -3.07. The second-order valence-corrected chi connectivity index (χ2v) is 6.61. The lowest BCUT2D eigenvalue weighted by Crippen LogP contribution is -2.09. The average molecular weight is 401 g/mol. The summed E-state index contributed by atoms with van der Waals surface area (Å²) in [7, 11) is 1.32. The summed E-state index contributed by atoms with van der Waals surface area (Å²) in [6.07, 6.45) is 1.57. The first-order valence-corrected chi connectivity index (χ1v) is 9.53. The molecule has 0 radical (unpaired) electrons. The van der Waals surface area contributed by atoms with Gasteiger partial charge in [0.2, 0.25) is 0 Å². The van der Waals surface area contributed by atoms with Crippen molar-refractivity contribution in [3.63, 3.8) is 0 Å². The van der Waals surface area contributed by atoms with E-state index >= 15 is 0 Å². The fourth-order valence-corrected chi connectivity index (χ4v) is 3.30. The highest BCUT2D eigenvalue weighted by molar-refractivity contribution is 7.99. The average Bonchev–Trinajstić information content (AvgIpc) is 3.39. The molecule has 0 aliphatic heterocycles. The Morgan fingerprint density at radius 2 is 2.07 bits per heavy atom. The monoisotopic (exact) mass is 401 g/mol. The van der Waals surface area contributed by atoms with E-state index in [1.807, 2.05) is 11.5 Å². The van der Waals surface area contributed by atoms with Crippen LogP contribution in [0.4, 0.5) is 0 Å². The van der Waals surface area contributed by atoms with Gasteiger partial charge in [0.25, 0.3) is 0 Å². The summed E-state index contributed by atoms with van der Waals surface area (Å²) in [5, 5.41) is 8.88. The van der Waals surface area contributed by atoms with Gasteiger partial charge in [-0.25, -0.2) is 4.79 Å². The molecule has 0 bridgehead atoms. The number of thioether (sulfide) groups is 1. The molecule has 0 atom stereocenters. The zero-order chi connectivity index (χ0) is 19.9. The van der Waals surface area contributed by atoms with Gasteiger partial charge in [0.15, 0.2) is 16.7 Å². The van der Waals surface area contributed by atoms with Gasteiger partial charge in [0.1, 0.15) is 6.61 Å². The fraction of sp³-hybridized carbons (Fsp3) is 0.263. The maximum absolute atomic E-state index is 12.1. The third-order valence-corrected chi connectivity index (χ3v) is 4.78. The lowest BCUT2D eigenvalue weighted by atomic mass is 10.1. The molecule has 3 rings (SSSR count). The van der Waals surface area contributed by atoms with Crippen molar-refractivity contribution in [2.75, 3.05) is 12.9 Å². The predicted molar refractivity (Wildman–Crippen MR) is 102 cm³/mol. The molecular weight excluding hydrogens is 382 g/mol. The van der Waals surface area contributed by atoms with E-state index in [2.05, 4.69) is 14.9 Å². The summed E-state index contributed by atoms with van der Waals surface area (Å²) in [4.78, 5) is 23.6. The van der Waals surface area contributed by atoms with Crippen LogP contribution in [0, 0.1) is 0 Å². The van der Waals surface area contributed by atoms with Gasteiger partial charge in [-0.05, 0) is 36.8 Å². The zero-order valence-electron chi connectivity index (χ0n) is 15.5. The minimum Gasteiger partial charge on any atom is -0.465 e. The molecule has 0 spiro atoms. The molecule has 0 saturated carbocycles. The van der Waals surface area contributed by atoms with Gasteiger partial charge in [0, 0.05) is 6.54 Å². The van der Waals surface area contributed by atoms with E-state index in [1.165, 1.54) is 18.9 Å². The van der Waals surface area contributed by atoms with Crippen LogP contribution < -0.4 is 0 Å². The lowest BCUT2D eigenvalue weighted by molar-refractivity contribution is -0.141. The molecule has 146 valence electrons. The molecule has 3 aromatic rings. The number of hydrogen-bond donors (Lipinski definition) is 0. The van der Waals surface area contributed by atoms with Crippen LogP contribution in [-0.4, -0.2) is 39.6 Å². The topological polar surface area (TPSA) is 96.5 Å². The first-order valence-electron chi connectivity index (χ1n) is 8.55. The summed E-state index contributed by atoms with van der Waals surface area (Å²) in [6.45, 7) is 2.68. The zero-order valence-corrected chi connectivity index (χ0v) is 16.3. The molecule has 0 unspecified atom stereocenters. The molecule has 28 heavy (non-hydrogen) atoms. The highest BCUT2D eigenvalue weighted by Crippen LogP contribution is 2.24. The predicted octanol–water partition coefficient (Wildman–Crippen LogP) is 3.18. The highest BCUT2D eigenvalue weighted by atomic mass is 32.2. The Bertz CT molecular complexity index is 952. The fourth-order valence-electron chi connectivity index (χ4n) is 2.50. The number of aromatic nitrogens is 3. The van der Waals surface area contributed by atoms with Gasteiger partial charge in [-0.15, -0.1) is 10.2 Å². The third kappa shape index (κ3) is 4.61. The van der Waals surface area contributed by atoms with Gasteiger partial charge in [-0.1, -0.05) is 23.9 Å². The molecule has 0 N–H and O–H groups in total. The molecule has 0 fully saturated rings. The van der Waals surface area contributed by atoms with Crippen molar-refractivity contribution < 1.29 is 23.5 Å². The Morgan fingerprint density at radius 3 is 2.79 bits per heavy atom. The van der Waals surface area contributed by atoms with E-state index in [4.69, 9.17) is 9.15 Å². The van der Waals surface area contributed by atoms with Crippen LogP contribution in [-0.2, 0) is 27.4 Å². The quantitative estimate of drug-likeness (QED) is 0.419. The first-order chi connectivity index (χ1) is 13.6. The number of hydrogen-bond acceptors (Lipinski definition) is 8. The van der Waals surface area contributed by atoms with Crippen LogP contribution >= 0.6 is 11.8 Å².